The van der Waals surface area contributed by atoms with Gasteiger partial charge in [0.05, 0.1) is 12.3 Å². The van der Waals surface area contributed by atoms with E-state index in [4.69, 9.17) is 10.5 Å². The van der Waals surface area contributed by atoms with E-state index in [1.165, 1.54) is 4.68 Å². The Hall–Kier alpha value is -1.92. The number of hydrogen-bond donors (Lipinski definition) is 1. The van der Waals surface area contributed by atoms with Gasteiger partial charge < -0.3 is 10.5 Å². The molecule has 1 rings (SSSR count). The van der Waals surface area contributed by atoms with Crippen molar-refractivity contribution in [1.29, 1.82) is 0 Å². The minimum atomic E-state index is -0.662. The lowest BCUT2D eigenvalue weighted by Crippen LogP contribution is -2.22. The third-order valence-electron chi connectivity index (χ3n) is 2.61. The lowest BCUT2D eigenvalue weighted by Gasteiger charge is -2.12. The summed E-state index contributed by atoms with van der Waals surface area (Å²) in [6, 6.07) is -0.623. The van der Waals surface area contributed by atoms with Crippen LogP contribution in [0.4, 0.5) is 0 Å². The van der Waals surface area contributed by atoms with E-state index >= 15 is 0 Å². The number of hydrogen-bond acceptors (Lipinski definition) is 5. The molecule has 0 saturated carbocycles. The lowest BCUT2D eigenvalue weighted by atomic mass is 10.3. The number of aromatic nitrogens is 3. The monoisotopic (exact) mass is 254 g/mol. The SMILES string of the molecule is CCCCOC(=O)C(C)n1nnc(C(N)=O)c1C. The molecule has 7 heteroatoms. The van der Waals surface area contributed by atoms with Crippen LogP contribution in [0, 0.1) is 6.92 Å². The van der Waals surface area contributed by atoms with E-state index in [2.05, 4.69) is 10.3 Å². The van der Waals surface area contributed by atoms with Crippen LogP contribution < -0.4 is 5.73 Å². The third kappa shape index (κ3) is 3.06. The number of nitrogens with zero attached hydrogens (tertiary/aromatic N) is 3. The van der Waals surface area contributed by atoms with Crippen molar-refractivity contribution < 1.29 is 14.3 Å². The van der Waals surface area contributed by atoms with Gasteiger partial charge in [-0.05, 0) is 20.3 Å². The molecule has 0 spiro atoms. The molecule has 1 unspecified atom stereocenters. The quantitative estimate of drug-likeness (QED) is 0.591. The Morgan fingerprint density at radius 3 is 2.67 bits per heavy atom. The smallest absolute Gasteiger partial charge is 0.330 e. The Bertz CT molecular complexity index is 441. The fourth-order valence-electron chi connectivity index (χ4n) is 1.47. The summed E-state index contributed by atoms with van der Waals surface area (Å²) in [5.74, 6) is -1.06. The second-order valence-corrected chi connectivity index (χ2v) is 4.03. The Morgan fingerprint density at radius 1 is 1.50 bits per heavy atom. The molecule has 0 bridgehead atoms. The van der Waals surface area contributed by atoms with Gasteiger partial charge in [-0.2, -0.15) is 0 Å². The molecule has 0 aliphatic rings. The van der Waals surface area contributed by atoms with E-state index in [0.717, 1.165) is 12.8 Å². The molecule has 0 aliphatic heterocycles. The fourth-order valence-corrected chi connectivity index (χ4v) is 1.47. The minimum absolute atomic E-state index is 0.0724. The number of amides is 1. The predicted octanol–water partition coefficient (Wildman–Crippen LogP) is 0.590. The summed E-state index contributed by atoms with van der Waals surface area (Å²) in [6.07, 6.45) is 1.77. The Balaban J connectivity index is 2.75. The highest BCUT2D eigenvalue weighted by Crippen LogP contribution is 2.12. The van der Waals surface area contributed by atoms with Crippen LogP contribution in [-0.2, 0) is 9.53 Å². The second-order valence-electron chi connectivity index (χ2n) is 4.03. The maximum atomic E-state index is 11.7. The van der Waals surface area contributed by atoms with Crippen LogP contribution in [0.15, 0.2) is 0 Å². The summed E-state index contributed by atoms with van der Waals surface area (Å²) in [4.78, 5) is 22.8. The normalized spacial score (nSPS) is 12.2. The van der Waals surface area contributed by atoms with E-state index in [0.29, 0.717) is 12.3 Å². The van der Waals surface area contributed by atoms with Crippen molar-refractivity contribution in [3.05, 3.63) is 11.4 Å². The van der Waals surface area contributed by atoms with Crippen LogP contribution >= 0.6 is 0 Å². The van der Waals surface area contributed by atoms with E-state index < -0.39 is 17.9 Å². The predicted molar refractivity (Wildman–Crippen MR) is 63.9 cm³/mol. The molecule has 1 aromatic rings. The fraction of sp³-hybridized carbons (Fsp3) is 0.636. The first-order valence-corrected chi connectivity index (χ1v) is 5.87. The van der Waals surface area contributed by atoms with Gasteiger partial charge in [0, 0.05) is 0 Å². The molecule has 0 fully saturated rings. The second kappa shape index (κ2) is 6.13. The highest BCUT2D eigenvalue weighted by atomic mass is 16.5. The standard InChI is InChI=1S/C11H18N4O3/c1-4-5-6-18-11(17)8(3)15-7(2)9(10(12)16)13-14-15/h8H,4-6H2,1-3H3,(H2,12,16). The zero-order valence-corrected chi connectivity index (χ0v) is 10.8. The summed E-state index contributed by atoms with van der Waals surface area (Å²) in [6.45, 7) is 5.67. The van der Waals surface area contributed by atoms with Crippen molar-refractivity contribution in [3.63, 3.8) is 0 Å². The first-order chi connectivity index (χ1) is 8.49. The largest absolute Gasteiger partial charge is 0.464 e. The van der Waals surface area contributed by atoms with Gasteiger partial charge in [-0.15, -0.1) is 5.10 Å². The van der Waals surface area contributed by atoms with Crippen molar-refractivity contribution in [2.45, 2.75) is 39.7 Å². The zero-order chi connectivity index (χ0) is 13.7. The lowest BCUT2D eigenvalue weighted by molar-refractivity contribution is -0.147. The van der Waals surface area contributed by atoms with Gasteiger partial charge in [-0.25, -0.2) is 9.48 Å². The molecule has 1 amide bonds. The number of unbranched alkanes of at least 4 members (excludes halogenated alkanes) is 1. The number of carbonyl (C=O) groups is 2. The summed E-state index contributed by atoms with van der Waals surface area (Å²) in [5.41, 5.74) is 5.66. The van der Waals surface area contributed by atoms with Crippen LogP contribution in [0.25, 0.3) is 0 Å². The van der Waals surface area contributed by atoms with Crippen molar-refractivity contribution >= 4 is 11.9 Å². The Kier molecular flexibility index (Phi) is 4.82. The molecule has 0 aliphatic carbocycles. The highest BCUT2D eigenvalue weighted by molar-refractivity contribution is 5.91. The van der Waals surface area contributed by atoms with E-state index in [9.17, 15) is 9.59 Å². The van der Waals surface area contributed by atoms with Crippen LogP contribution in [-0.4, -0.2) is 33.5 Å². The Morgan fingerprint density at radius 2 is 2.17 bits per heavy atom. The molecule has 100 valence electrons. The van der Waals surface area contributed by atoms with Gasteiger partial charge in [-0.1, -0.05) is 18.6 Å². The summed E-state index contributed by atoms with van der Waals surface area (Å²) >= 11 is 0. The van der Waals surface area contributed by atoms with E-state index in [1.807, 2.05) is 6.92 Å². The number of carbonyl (C=O) groups excluding carboxylic acids is 2. The average molecular weight is 254 g/mol. The first kappa shape index (κ1) is 14.1. The molecule has 1 aromatic heterocycles. The van der Waals surface area contributed by atoms with Gasteiger partial charge in [0.1, 0.15) is 6.04 Å². The molecule has 7 nitrogen and oxygen atoms in total. The highest BCUT2D eigenvalue weighted by Gasteiger charge is 2.22. The molecule has 1 heterocycles. The van der Waals surface area contributed by atoms with Crippen molar-refractivity contribution in [3.8, 4) is 0 Å². The van der Waals surface area contributed by atoms with Gasteiger partial charge >= 0.3 is 5.97 Å². The summed E-state index contributed by atoms with van der Waals surface area (Å²) in [5, 5.41) is 7.40. The first-order valence-electron chi connectivity index (χ1n) is 5.87. The number of primary amides is 1. The number of nitrogens with two attached hydrogens (primary N) is 1. The number of ether oxygens (including phenoxy) is 1. The van der Waals surface area contributed by atoms with E-state index in [-0.39, 0.29) is 5.69 Å². The van der Waals surface area contributed by atoms with Crippen molar-refractivity contribution in [2.75, 3.05) is 6.61 Å². The molecular formula is C11H18N4O3. The molecule has 1 atom stereocenters. The minimum Gasteiger partial charge on any atom is -0.464 e. The van der Waals surface area contributed by atoms with Crippen molar-refractivity contribution in [1.82, 2.24) is 15.0 Å². The third-order valence-corrected chi connectivity index (χ3v) is 2.61. The zero-order valence-electron chi connectivity index (χ0n) is 10.8. The molecule has 18 heavy (non-hydrogen) atoms. The summed E-state index contributed by atoms with van der Waals surface area (Å²) < 4.78 is 6.42. The van der Waals surface area contributed by atoms with Crippen LogP contribution in [0.2, 0.25) is 0 Å². The number of rotatable bonds is 6. The molecule has 0 radical (unpaired) electrons. The van der Waals surface area contributed by atoms with Crippen LogP contribution in [0.5, 0.6) is 0 Å². The maximum Gasteiger partial charge on any atom is 0.330 e. The molecule has 0 aromatic carbocycles. The maximum absolute atomic E-state index is 11.7. The van der Waals surface area contributed by atoms with Gasteiger partial charge in [0.25, 0.3) is 5.91 Å². The van der Waals surface area contributed by atoms with Gasteiger partial charge in [0.15, 0.2) is 5.69 Å². The molecular weight excluding hydrogens is 236 g/mol. The van der Waals surface area contributed by atoms with Gasteiger partial charge in [-0.3, -0.25) is 4.79 Å². The van der Waals surface area contributed by atoms with Crippen LogP contribution in [0.1, 0.15) is 48.9 Å². The number of esters is 1. The molecule has 0 saturated heterocycles. The average Bonchev–Trinajstić information content (AvgIpc) is 2.70. The van der Waals surface area contributed by atoms with Gasteiger partial charge in [0.2, 0.25) is 0 Å². The van der Waals surface area contributed by atoms with Crippen LogP contribution in [0.3, 0.4) is 0 Å². The van der Waals surface area contributed by atoms with E-state index in [1.54, 1.807) is 13.8 Å². The summed E-state index contributed by atoms with van der Waals surface area (Å²) in [7, 11) is 0. The van der Waals surface area contributed by atoms with Crippen molar-refractivity contribution in [2.24, 2.45) is 5.73 Å². The Labute approximate surface area is 105 Å². The molecule has 2 N–H and O–H groups in total. The topological polar surface area (TPSA) is 100 Å².